The van der Waals surface area contributed by atoms with Gasteiger partial charge in [-0.05, 0) is 17.7 Å². The topological polar surface area (TPSA) is 17.8 Å². The van der Waals surface area contributed by atoms with Crippen molar-refractivity contribution in [3.63, 3.8) is 0 Å². The Hall–Kier alpha value is -0.921. The number of hydrogen-bond donors (Lipinski definition) is 0. The summed E-state index contributed by atoms with van der Waals surface area (Å²) in [6.07, 6.45) is 3.70. The van der Waals surface area contributed by atoms with E-state index in [4.69, 9.17) is 0 Å². The second kappa shape index (κ2) is 5.24. The molecule has 0 atom stereocenters. The van der Waals surface area contributed by atoms with Crippen molar-refractivity contribution in [1.29, 1.82) is 0 Å². The maximum atomic E-state index is 4.17. The van der Waals surface area contributed by atoms with Crippen molar-refractivity contribution < 1.29 is 20.1 Å². The smallest absolute Gasteiger partial charge is 0.0493 e. The molecule has 1 heterocycles. The molecule has 0 bridgehead atoms. The Kier molecular flexibility index (Phi) is 4.25. The quantitative estimate of drug-likeness (QED) is 0.736. The Balaban J connectivity index is 0.00000112. The average Bonchev–Trinajstić information content (AvgIpc) is 2.71. The van der Waals surface area contributed by atoms with E-state index in [9.17, 15) is 0 Å². The standard InChI is InChI=1S/C12H13N2.Ir/c1-10(2)11-5-3-6-12(9-11)14-8-4-7-13-14;/h3-5,7-10H,1-2H3;/q-1;. The van der Waals surface area contributed by atoms with Crippen molar-refractivity contribution in [1.82, 2.24) is 9.78 Å². The Morgan fingerprint density at radius 3 is 2.80 bits per heavy atom. The zero-order valence-corrected chi connectivity index (χ0v) is 11.2. The van der Waals surface area contributed by atoms with Crippen molar-refractivity contribution in [2.24, 2.45) is 0 Å². The molecule has 0 fully saturated rings. The number of benzene rings is 1. The van der Waals surface area contributed by atoms with Gasteiger partial charge < -0.3 is 0 Å². The van der Waals surface area contributed by atoms with Gasteiger partial charge in [-0.25, -0.2) is 0 Å². The molecular formula is C12H13IrN2-. The van der Waals surface area contributed by atoms with E-state index in [1.807, 2.05) is 23.0 Å². The minimum absolute atomic E-state index is 0. The summed E-state index contributed by atoms with van der Waals surface area (Å²) >= 11 is 0. The predicted molar refractivity (Wildman–Crippen MR) is 56.5 cm³/mol. The van der Waals surface area contributed by atoms with Crippen LogP contribution in [-0.2, 0) is 20.1 Å². The van der Waals surface area contributed by atoms with Crippen LogP contribution in [0.15, 0.2) is 36.7 Å². The first kappa shape index (κ1) is 12.2. The van der Waals surface area contributed by atoms with E-state index in [-0.39, 0.29) is 20.1 Å². The summed E-state index contributed by atoms with van der Waals surface area (Å²) in [4.78, 5) is 0. The van der Waals surface area contributed by atoms with Gasteiger partial charge in [-0.2, -0.15) is 28.9 Å². The summed E-state index contributed by atoms with van der Waals surface area (Å²) in [5, 5.41) is 4.17. The van der Waals surface area contributed by atoms with Crippen molar-refractivity contribution in [3.8, 4) is 5.69 Å². The molecule has 2 aromatic rings. The van der Waals surface area contributed by atoms with Crippen LogP contribution in [0.5, 0.6) is 0 Å². The predicted octanol–water partition coefficient (Wildman–Crippen LogP) is 2.79. The van der Waals surface area contributed by atoms with Crippen LogP contribution in [0.25, 0.3) is 5.69 Å². The van der Waals surface area contributed by atoms with Crippen LogP contribution in [0.4, 0.5) is 0 Å². The molecule has 0 aliphatic rings. The van der Waals surface area contributed by atoms with Crippen LogP contribution in [0.3, 0.4) is 0 Å². The maximum Gasteiger partial charge on any atom is 0.0493 e. The van der Waals surface area contributed by atoms with E-state index in [1.165, 1.54) is 5.56 Å². The van der Waals surface area contributed by atoms with Crippen molar-refractivity contribution in [2.45, 2.75) is 19.8 Å². The van der Waals surface area contributed by atoms with Gasteiger partial charge in [0.15, 0.2) is 0 Å². The molecule has 81 valence electrons. The van der Waals surface area contributed by atoms with Crippen molar-refractivity contribution >= 4 is 0 Å². The third-order valence-electron chi connectivity index (χ3n) is 2.23. The van der Waals surface area contributed by atoms with Gasteiger partial charge in [-0.1, -0.05) is 13.8 Å². The molecule has 0 saturated carbocycles. The van der Waals surface area contributed by atoms with Gasteiger partial charge >= 0.3 is 0 Å². The summed E-state index contributed by atoms with van der Waals surface area (Å²) in [5.41, 5.74) is 2.32. The maximum absolute atomic E-state index is 4.17. The zero-order chi connectivity index (χ0) is 9.97. The van der Waals surface area contributed by atoms with Gasteiger partial charge in [0.05, 0.1) is 0 Å². The molecule has 0 aliphatic carbocycles. The van der Waals surface area contributed by atoms with E-state index in [0.29, 0.717) is 5.92 Å². The first-order valence-electron chi connectivity index (χ1n) is 4.79. The van der Waals surface area contributed by atoms with Gasteiger partial charge in [0.1, 0.15) is 0 Å². The van der Waals surface area contributed by atoms with Gasteiger partial charge in [-0.3, -0.25) is 4.68 Å². The van der Waals surface area contributed by atoms with Crippen LogP contribution in [0.1, 0.15) is 25.3 Å². The van der Waals surface area contributed by atoms with Crippen molar-refractivity contribution in [2.75, 3.05) is 0 Å². The molecule has 0 saturated heterocycles. The summed E-state index contributed by atoms with van der Waals surface area (Å²) in [6, 6.07) is 11.2. The minimum Gasteiger partial charge on any atom is -0.266 e. The number of hydrogen-bond acceptors (Lipinski definition) is 1. The van der Waals surface area contributed by atoms with Gasteiger partial charge in [-0.15, -0.1) is 6.07 Å². The molecule has 1 aromatic carbocycles. The molecule has 0 unspecified atom stereocenters. The van der Waals surface area contributed by atoms with Crippen molar-refractivity contribution in [3.05, 3.63) is 48.3 Å². The molecular weight excluding hydrogens is 364 g/mol. The normalized spacial score (nSPS) is 10.1. The van der Waals surface area contributed by atoms with E-state index in [2.05, 4.69) is 37.1 Å². The second-order valence-corrected chi connectivity index (χ2v) is 3.61. The summed E-state index contributed by atoms with van der Waals surface area (Å²) in [5.74, 6) is 0.541. The molecule has 0 spiro atoms. The first-order chi connectivity index (χ1) is 6.77. The fourth-order valence-corrected chi connectivity index (χ4v) is 1.37. The molecule has 0 N–H and O–H groups in total. The van der Waals surface area contributed by atoms with Gasteiger partial charge in [0, 0.05) is 32.5 Å². The molecule has 15 heavy (non-hydrogen) atoms. The Morgan fingerprint density at radius 1 is 1.40 bits per heavy atom. The summed E-state index contributed by atoms with van der Waals surface area (Å²) in [7, 11) is 0. The van der Waals surface area contributed by atoms with E-state index in [0.717, 1.165) is 5.69 Å². The SMILES string of the molecule is CC(C)c1cc[c-]c(-n2cccn2)c1.[Ir]. The summed E-state index contributed by atoms with van der Waals surface area (Å²) < 4.78 is 1.83. The Labute approximate surface area is 104 Å². The fraction of sp³-hybridized carbons (Fsp3) is 0.250. The molecule has 0 aliphatic heterocycles. The number of nitrogens with zero attached hydrogens (tertiary/aromatic N) is 2. The van der Waals surface area contributed by atoms with Crippen LogP contribution in [0.2, 0.25) is 0 Å². The largest absolute Gasteiger partial charge is 0.266 e. The van der Waals surface area contributed by atoms with Crippen LogP contribution in [0, 0.1) is 6.07 Å². The van der Waals surface area contributed by atoms with Crippen LogP contribution in [-0.4, -0.2) is 9.78 Å². The molecule has 1 aromatic heterocycles. The number of rotatable bonds is 2. The minimum atomic E-state index is 0. The Bertz CT molecular complexity index is 407. The second-order valence-electron chi connectivity index (χ2n) is 3.61. The average molecular weight is 377 g/mol. The monoisotopic (exact) mass is 378 g/mol. The van der Waals surface area contributed by atoms with Crippen LogP contribution >= 0.6 is 0 Å². The molecule has 0 amide bonds. The molecule has 2 nitrogen and oxygen atoms in total. The molecule has 2 rings (SSSR count). The Morgan fingerprint density at radius 2 is 2.20 bits per heavy atom. The molecule has 3 heteroatoms. The van der Waals surface area contributed by atoms with Gasteiger partial charge in [0.25, 0.3) is 0 Å². The van der Waals surface area contributed by atoms with Gasteiger partial charge in [0.2, 0.25) is 0 Å². The summed E-state index contributed by atoms with van der Waals surface area (Å²) in [6.45, 7) is 4.37. The third kappa shape index (κ3) is 2.77. The third-order valence-corrected chi connectivity index (χ3v) is 2.23. The zero-order valence-electron chi connectivity index (χ0n) is 8.77. The molecule has 1 radical (unpaired) electrons. The van der Waals surface area contributed by atoms with E-state index in [1.54, 1.807) is 6.20 Å². The number of aromatic nitrogens is 2. The fourth-order valence-electron chi connectivity index (χ4n) is 1.37. The first-order valence-corrected chi connectivity index (χ1v) is 4.79. The van der Waals surface area contributed by atoms with E-state index >= 15 is 0 Å². The van der Waals surface area contributed by atoms with E-state index < -0.39 is 0 Å². The van der Waals surface area contributed by atoms with Crippen LogP contribution < -0.4 is 0 Å².